The van der Waals surface area contributed by atoms with E-state index in [-0.39, 0.29) is 11.3 Å². The predicted molar refractivity (Wildman–Crippen MR) is 80.9 cm³/mol. The zero-order valence-electron chi connectivity index (χ0n) is 12.8. The molecule has 2 N–H and O–H groups in total. The van der Waals surface area contributed by atoms with Crippen molar-refractivity contribution in [2.75, 3.05) is 5.32 Å². The van der Waals surface area contributed by atoms with Gasteiger partial charge < -0.3 is 10.1 Å². The normalized spacial score (nSPS) is 11.2. The molecule has 0 bridgehead atoms. The molecule has 0 aliphatic rings. The zero-order valence-corrected chi connectivity index (χ0v) is 12.8. The van der Waals surface area contributed by atoms with Crippen LogP contribution < -0.4 is 15.4 Å². The van der Waals surface area contributed by atoms with Crippen LogP contribution in [0.3, 0.4) is 0 Å². The van der Waals surface area contributed by atoms with E-state index >= 15 is 0 Å². The summed E-state index contributed by atoms with van der Waals surface area (Å²) in [7, 11) is 0. The molecule has 5 nitrogen and oxygen atoms in total. The first-order valence-electron chi connectivity index (χ1n) is 7.01. The first-order chi connectivity index (χ1) is 12.2. The SMILES string of the molecule is O=C(NC(=O)c1ccccc1F)Nc1ccc(OC(F)(F)C(F)F)cc1. The molecular weight excluding hydrogens is 363 g/mol. The zero-order chi connectivity index (χ0) is 19.3. The van der Waals surface area contributed by atoms with E-state index in [4.69, 9.17) is 0 Å². The van der Waals surface area contributed by atoms with Crippen molar-refractivity contribution in [1.82, 2.24) is 5.32 Å². The summed E-state index contributed by atoms with van der Waals surface area (Å²) in [5, 5.41) is 4.06. The number of benzene rings is 2. The van der Waals surface area contributed by atoms with Crippen LogP contribution in [0.15, 0.2) is 48.5 Å². The van der Waals surface area contributed by atoms with E-state index in [0.717, 1.165) is 30.3 Å². The van der Waals surface area contributed by atoms with Gasteiger partial charge in [0.1, 0.15) is 11.6 Å². The molecular formula is C16H11F5N2O3. The fourth-order valence-electron chi connectivity index (χ4n) is 1.79. The number of carbonyl (C=O) groups excluding carboxylic acids is 2. The Morgan fingerprint density at radius 2 is 1.62 bits per heavy atom. The van der Waals surface area contributed by atoms with E-state index in [2.05, 4.69) is 10.1 Å². The quantitative estimate of drug-likeness (QED) is 0.777. The van der Waals surface area contributed by atoms with Gasteiger partial charge in [-0.25, -0.2) is 9.18 Å². The minimum Gasteiger partial charge on any atom is -0.428 e. The third-order valence-corrected chi connectivity index (χ3v) is 2.97. The largest absolute Gasteiger partial charge is 0.461 e. The van der Waals surface area contributed by atoms with Crippen LogP contribution in [0.4, 0.5) is 32.4 Å². The van der Waals surface area contributed by atoms with Gasteiger partial charge in [0, 0.05) is 5.69 Å². The first kappa shape index (κ1) is 19.2. The van der Waals surface area contributed by atoms with E-state index in [1.807, 2.05) is 5.32 Å². The Bertz CT molecular complexity index is 797. The van der Waals surface area contributed by atoms with Crippen molar-refractivity contribution in [2.45, 2.75) is 12.5 Å². The van der Waals surface area contributed by atoms with Crippen LogP contribution in [0.1, 0.15) is 10.4 Å². The molecule has 0 radical (unpaired) electrons. The monoisotopic (exact) mass is 374 g/mol. The smallest absolute Gasteiger partial charge is 0.428 e. The lowest BCUT2D eigenvalue weighted by Crippen LogP contribution is -2.35. The molecule has 3 amide bonds. The fourth-order valence-corrected chi connectivity index (χ4v) is 1.79. The third-order valence-electron chi connectivity index (χ3n) is 2.97. The number of hydrogen-bond donors (Lipinski definition) is 2. The van der Waals surface area contributed by atoms with Crippen LogP contribution in [-0.4, -0.2) is 24.5 Å². The lowest BCUT2D eigenvalue weighted by atomic mass is 10.2. The molecule has 0 spiro atoms. The maximum absolute atomic E-state index is 13.4. The number of nitrogens with one attached hydrogen (secondary N) is 2. The fraction of sp³-hybridized carbons (Fsp3) is 0.125. The average Bonchev–Trinajstić information content (AvgIpc) is 2.56. The first-order valence-corrected chi connectivity index (χ1v) is 7.01. The number of anilines is 1. The highest BCUT2D eigenvalue weighted by Gasteiger charge is 2.43. The number of hydrogen-bond acceptors (Lipinski definition) is 3. The van der Waals surface area contributed by atoms with Crippen molar-refractivity contribution in [3.63, 3.8) is 0 Å². The highest BCUT2D eigenvalue weighted by molar-refractivity contribution is 6.08. The Kier molecular flexibility index (Phi) is 5.75. The van der Waals surface area contributed by atoms with Crippen LogP contribution >= 0.6 is 0 Å². The topological polar surface area (TPSA) is 67.4 Å². The molecule has 0 unspecified atom stereocenters. The average molecular weight is 374 g/mol. The summed E-state index contributed by atoms with van der Waals surface area (Å²) in [6, 6.07) is 8.00. The van der Waals surface area contributed by atoms with Crippen LogP contribution in [0, 0.1) is 5.82 Å². The number of halogens is 5. The van der Waals surface area contributed by atoms with Gasteiger partial charge >= 0.3 is 18.6 Å². The summed E-state index contributed by atoms with van der Waals surface area (Å²) in [6.45, 7) is 0. The van der Waals surface area contributed by atoms with Gasteiger partial charge in [0.25, 0.3) is 5.91 Å². The van der Waals surface area contributed by atoms with Crippen molar-refractivity contribution in [2.24, 2.45) is 0 Å². The predicted octanol–water partition coefficient (Wildman–Crippen LogP) is 4.02. The van der Waals surface area contributed by atoms with Gasteiger partial charge in [-0.15, -0.1) is 0 Å². The van der Waals surface area contributed by atoms with Gasteiger partial charge in [0.15, 0.2) is 0 Å². The molecule has 0 aromatic heterocycles. The van der Waals surface area contributed by atoms with Crippen molar-refractivity contribution in [3.05, 3.63) is 59.9 Å². The Morgan fingerprint density at radius 1 is 1.00 bits per heavy atom. The summed E-state index contributed by atoms with van der Waals surface area (Å²) in [5.41, 5.74) is -0.294. The van der Waals surface area contributed by atoms with E-state index in [9.17, 15) is 31.5 Å². The van der Waals surface area contributed by atoms with Crippen LogP contribution in [0.5, 0.6) is 5.75 Å². The van der Waals surface area contributed by atoms with Gasteiger partial charge in [-0.05, 0) is 36.4 Å². The van der Waals surface area contributed by atoms with E-state index in [1.165, 1.54) is 18.2 Å². The molecule has 0 atom stereocenters. The number of alkyl halides is 4. The van der Waals surface area contributed by atoms with Gasteiger partial charge in [-0.2, -0.15) is 17.6 Å². The second-order valence-corrected chi connectivity index (χ2v) is 4.88. The Labute approximate surface area is 143 Å². The van der Waals surface area contributed by atoms with E-state index in [0.29, 0.717) is 0 Å². The van der Waals surface area contributed by atoms with Crippen molar-refractivity contribution in [3.8, 4) is 5.75 Å². The maximum Gasteiger partial charge on any atom is 0.461 e. The van der Waals surface area contributed by atoms with Gasteiger partial charge in [0.2, 0.25) is 0 Å². The summed E-state index contributed by atoms with van der Waals surface area (Å²) in [4.78, 5) is 23.4. The summed E-state index contributed by atoms with van der Waals surface area (Å²) >= 11 is 0. The number of rotatable bonds is 5. The van der Waals surface area contributed by atoms with E-state index in [1.54, 1.807) is 0 Å². The standard InChI is InChI=1S/C16H11F5N2O3/c17-12-4-2-1-3-11(12)13(24)23-15(25)22-9-5-7-10(8-6-9)26-16(20,21)14(18)19/h1-8,14H,(H2,22,23,24,25). The highest BCUT2D eigenvalue weighted by Crippen LogP contribution is 2.28. The van der Waals surface area contributed by atoms with Crippen LogP contribution in [0.25, 0.3) is 0 Å². The van der Waals surface area contributed by atoms with Gasteiger partial charge in [-0.1, -0.05) is 12.1 Å². The van der Waals surface area contributed by atoms with Crippen LogP contribution in [-0.2, 0) is 0 Å². The van der Waals surface area contributed by atoms with Crippen LogP contribution in [0.2, 0.25) is 0 Å². The second kappa shape index (κ2) is 7.81. The molecule has 0 saturated carbocycles. The third kappa shape index (κ3) is 4.91. The minimum absolute atomic E-state index is 0.0524. The number of imide groups is 1. The molecule has 2 aromatic rings. The Balaban J connectivity index is 1.95. The molecule has 10 heteroatoms. The number of ether oxygens (including phenoxy) is 1. The van der Waals surface area contributed by atoms with Crippen molar-refractivity contribution < 1.29 is 36.3 Å². The molecule has 0 aliphatic heterocycles. The number of carbonyl (C=O) groups is 2. The maximum atomic E-state index is 13.4. The highest BCUT2D eigenvalue weighted by atomic mass is 19.3. The number of amides is 3. The molecule has 2 aromatic carbocycles. The lowest BCUT2D eigenvalue weighted by molar-refractivity contribution is -0.253. The van der Waals surface area contributed by atoms with Crippen molar-refractivity contribution in [1.29, 1.82) is 0 Å². The molecule has 26 heavy (non-hydrogen) atoms. The molecule has 2 rings (SSSR count). The Hall–Kier alpha value is -3.17. The molecule has 0 heterocycles. The summed E-state index contributed by atoms with van der Waals surface area (Å²) in [5.74, 6) is -2.36. The Morgan fingerprint density at radius 3 is 2.19 bits per heavy atom. The molecule has 0 fully saturated rings. The lowest BCUT2D eigenvalue weighted by Gasteiger charge is -2.16. The molecule has 0 aliphatic carbocycles. The molecule has 0 saturated heterocycles. The number of urea groups is 1. The summed E-state index contributed by atoms with van der Waals surface area (Å²) in [6.07, 6.45) is -8.66. The molecule has 138 valence electrons. The van der Waals surface area contributed by atoms with Gasteiger partial charge in [0.05, 0.1) is 5.56 Å². The summed E-state index contributed by atoms with van der Waals surface area (Å²) < 4.78 is 66.9. The second-order valence-electron chi connectivity index (χ2n) is 4.88. The van der Waals surface area contributed by atoms with Gasteiger partial charge in [-0.3, -0.25) is 10.1 Å². The van der Waals surface area contributed by atoms with E-state index < -0.39 is 36.0 Å². The minimum atomic E-state index is -4.65. The van der Waals surface area contributed by atoms with Crippen molar-refractivity contribution >= 4 is 17.6 Å².